The Morgan fingerprint density at radius 1 is 1.00 bits per heavy atom. The third kappa shape index (κ3) is 2.85. The summed E-state index contributed by atoms with van der Waals surface area (Å²) in [5, 5.41) is 2.57. The Bertz CT molecular complexity index is 613. The van der Waals surface area contributed by atoms with E-state index in [2.05, 4.69) is 39.4 Å². The summed E-state index contributed by atoms with van der Waals surface area (Å²) in [7, 11) is 0. The Morgan fingerprint density at radius 3 is 2.35 bits per heavy atom. The first-order valence-electron chi connectivity index (χ1n) is 8.39. The highest BCUT2D eigenvalue weighted by Crippen LogP contribution is 2.37. The molecule has 2 fully saturated rings. The van der Waals surface area contributed by atoms with Crippen molar-refractivity contribution in [3.63, 3.8) is 0 Å². The first kappa shape index (κ1) is 14.4. The van der Waals surface area contributed by atoms with Crippen LogP contribution in [0.5, 0.6) is 0 Å². The number of anilines is 2. The molecule has 6 nitrogen and oxygen atoms in total. The summed E-state index contributed by atoms with van der Waals surface area (Å²) in [6.45, 7) is 4.36. The quantitative estimate of drug-likeness (QED) is 0.832. The highest BCUT2D eigenvalue weighted by Gasteiger charge is 2.31. The number of urea groups is 1. The molecule has 1 aromatic carbocycles. The third-order valence-corrected chi connectivity index (χ3v) is 4.91. The van der Waals surface area contributed by atoms with Gasteiger partial charge in [-0.3, -0.25) is 9.69 Å². The van der Waals surface area contributed by atoms with Crippen molar-refractivity contribution in [2.75, 3.05) is 49.1 Å². The maximum Gasteiger partial charge on any atom is 0.324 e. The fraction of sp³-hybridized carbons (Fsp3) is 0.529. The largest absolute Gasteiger partial charge is 0.368 e. The zero-order valence-electron chi connectivity index (χ0n) is 13.2. The first-order valence-corrected chi connectivity index (χ1v) is 8.39. The monoisotopic (exact) mass is 314 g/mol. The molecule has 0 unspecified atom stereocenters. The zero-order chi connectivity index (χ0) is 15.8. The van der Waals surface area contributed by atoms with E-state index in [4.69, 9.17) is 0 Å². The second-order valence-electron chi connectivity index (χ2n) is 6.57. The molecule has 1 aliphatic carbocycles. The summed E-state index contributed by atoms with van der Waals surface area (Å²) < 4.78 is 0. The number of carbonyl (C=O) groups is 2. The molecule has 2 aliphatic heterocycles. The highest BCUT2D eigenvalue weighted by molar-refractivity contribution is 6.01. The predicted octanol–water partition coefficient (Wildman–Crippen LogP) is 1.27. The van der Waals surface area contributed by atoms with E-state index in [1.165, 1.54) is 29.1 Å². The Labute approximate surface area is 136 Å². The number of nitrogens with one attached hydrogen (secondary N) is 1. The highest BCUT2D eigenvalue weighted by atomic mass is 16.2. The van der Waals surface area contributed by atoms with Crippen LogP contribution in [0.3, 0.4) is 0 Å². The van der Waals surface area contributed by atoms with Gasteiger partial charge in [0.15, 0.2) is 0 Å². The summed E-state index contributed by atoms with van der Waals surface area (Å²) in [6, 6.07) is 8.19. The summed E-state index contributed by atoms with van der Waals surface area (Å²) in [4.78, 5) is 29.4. The van der Waals surface area contributed by atoms with Gasteiger partial charge >= 0.3 is 6.03 Å². The van der Waals surface area contributed by atoms with Crippen molar-refractivity contribution >= 4 is 23.3 Å². The maximum absolute atomic E-state index is 11.7. The molecule has 0 bridgehead atoms. The summed E-state index contributed by atoms with van der Waals surface area (Å²) in [6.07, 6.45) is 2.71. The van der Waals surface area contributed by atoms with Crippen LogP contribution in [0.2, 0.25) is 0 Å². The molecule has 23 heavy (non-hydrogen) atoms. The molecule has 2 heterocycles. The van der Waals surface area contributed by atoms with Crippen molar-refractivity contribution in [3.05, 3.63) is 24.3 Å². The Balaban J connectivity index is 1.46. The molecule has 3 amide bonds. The van der Waals surface area contributed by atoms with Crippen LogP contribution in [0.1, 0.15) is 12.8 Å². The molecule has 0 radical (unpaired) electrons. The number of hydrogen-bond acceptors (Lipinski definition) is 4. The second kappa shape index (κ2) is 5.76. The van der Waals surface area contributed by atoms with Crippen molar-refractivity contribution < 1.29 is 9.59 Å². The SMILES string of the molecule is O=C1CNC(=O)N1CCN1CCN(CC2CC2)c2ccccc21. The van der Waals surface area contributed by atoms with Gasteiger partial charge in [0.25, 0.3) is 0 Å². The molecule has 1 aromatic rings. The van der Waals surface area contributed by atoms with E-state index >= 15 is 0 Å². The molecule has 0 atom stereocenters. The minimum atomic E-state index is -0.268. The Kier molecular flexibility index (Phi) is 3.59. The summed E-state index contributed by atoms with van der Waals surface area (Å²) in [5.74, 6) is 0.733. The number of hydrogen-bond donors (Lipinski definition) is 1. The van der Waals surface area contributed by atoms with Crippen LogP contribution in [-0.2, 0) is 4.79 Å². The molecule has 1 saturated carbocycles. The van der Waals surface area contributed by atoms with Gasteiger partial charge in [-0.15, -0.1) is 0 Å². The van der Waals surface area contributed by atoms with Crippen LogP contribution in [-0.4, -0.2) is 56.1 Å². The van der Waals surface area contributed by atoms with Crippen molar-refractivity contribution in [3.8, 4) is 0 Å². The zero-order valence-corrected chi connectivity index (χ0v) is 13.2. The molecule has 1 saturated heterocycles. The topological polar surface area (TPSA) is 55.9 Å². The van der Waals surface area contributed by atoms with Crippen molar-refractivity contribution in [1.29, 1.82) is 0 Å². The number of benzene rings is 1. The normalized spacial score (nSPS) is 20.8. The van der Waals surface area contributed by atoms with Gasteiger partial charge < -0.3 is 15.1 Å². The number of imide groups is 1. The average Bonchev–Trinajstić information content (AvgIpc) is 3.33. The average molecular weight is 314 g/mol. The van der Waals surface area contributed by atoms with E-state index in [1.54, 1.807) is 0 Å². The van der Waals surface area contributed by atoms with Crippen LogP contribution < -0.4 is 15.1 Å². The number of nitrogens with zero attached hydrogens (tertiary/aromatic N) is 3. The fourth-order valence-electron chi connectivity index (χ4n) is 3.42. The van der Waals surface area contributed by atoms with Crippen LogP contribution in [0.4, 0.5) is 16.2 Å². The lowest BCUT2D eigenvalue weighted by Gasteiger charge is -2.39. The van der Waals surface area contributed by atoms with E-state index in [9.17, 15) is 9.59 Å². The smallest absolute Gasteiger partial charge is 0.324 e. The van der Waals surface area contributed by atoms with E-state index in [0.717, 1.165) is 25.6 Å². The lowest BCUT2D eigenvalue weighted by molar-refractivity contribution is -0.124. The van der Waals surface area contributed by atoms with E-state index in [-0.39, 0.29) is 18.5 Å². The maximum atomic E-state index is 11.7. The molecule has 0 aromatic heterocycles. The van der Waals surface area contributed by atoms with Gasteiger partial charge in [-0.05, 0) is 30.9 Å². The Hall–Kier alpha value is -2.24. The van der Waals surface area contributed by atoms with Crippen molar-refractivity contribution in [2.45, 2.75) is 12.8 Å². The standard InChI is InChI=1S/C17H22N4O2/c22-16-11-18-17(23)21(16)10-9-19-7-8-20(12-13-5-6-13)15-4-2-1-3-14(15)19/h1-4,13H,5-12H2,(H,18,23). The number of amides is 3. The summed E-state index contributed by atoms with van der Waals surface area (Å²) in [5.41, 5.74) is 2.49. The van der Waals surface area contributed by atoms with E-state index < -0.39 is 0 Å². The molecule has 0 spiro atoms. The van der Waals surface area contributed by atoms with Crippen LogP contribution in [0, 0.1) is 5.92 Å². The molecular formula is C17H22N4O2. The fourth-order valence-corrected chi connectivity index (χ4v) is 3.42. The van der Waals surface area contributed by atoms with Crippen molar-refractivity contribution in [2.24, 2.45) is 5.92 Å². The number of para-hydroxylation sites is 2. The van der Waals surface area contributed by atoms with Crippen LogP contribution in [0.25, 0.3) is 0 Å². The first-order chi connectivity index (χ1) is 11.2. The van der Waals surface area contributed by atoms with Gasteiger partial charge in [-0.1, -0.05) is 12.1 Å². The molecule has 1 N–H and O–H groups in total. The Morgan fingerprint density at radius 2 is 1.70 bits per heavy atom. The van der Waals surface area contributed by atoms with Crippen molar-refractivity contribution in [1.82, 2.24) is 10.2 Å². The van der Waals surface area contributed by atoms with Gasteiger partial charge in [-0.2, -0.15) is 0 Å². The summed E-state index contributed by atoms with van der Waals surface area (Å²) >= 11 is 0. The van der Waals surface area contributed by atoms with E-state index in [0.29, 0.717) is 13.1 Å². The second-order valence-corrected chi connectivity index (χ2v) is 6.57. The van der Waals surface area contributed by atoms with Gasteiger partial charge in [0.1, 0.15) is 0 Å². The van der Waals surface area contributed by atoms with Gasteiger partial charge in [0.2, 0.25) is 5.91 Å². The van der Waals surface area contributed by atoms with Gasteiger partial charge in [0, 0.05) is 32.7 Å². The van der Waals surface area contributed by atoms with Crippen LogP contribution >= 0.6 is 0 Å². The molecule has 6 heteroatoms. The van der Waals surface area contributed by atoms with Gasteiger partial charge in [0.05, 0.1) is 17.9 Å². The molecular weight excluding hydrogens is 292 g/mol. The minimum Gasteiger partial charge on any atom is -0.368 e. The predicted molar refractivity (Wildman–Crippen MR) is 88.7 cm³/mol. The number of carbonyl (C=O) groups excluding carboxylic acids is 2. The van der Waals surface area contributed by atoms with Gasteiger partial charge in [-0.25, -0.2) is 4.79 Å². The van der Waals surface area contributed by atoms with E-state index in [1.807, 2.05) is 0 Å². The third-order valence-electron chi connectivity index (χ3n) is 4.91. The molecule has 4 rings (SSSR count). The minimum absolute atomic E-state index is 0.129. The molecule has 3 aliphatic rings. The van der Waals surface area contributed by atoms with Crippen LogP contribution in [0.15, 0.2) is 24.3 Å². The lowest BCUT2D eigenvalue weighted by Crippen LogP contribution is -2.45. The number of rotatable bonds is 5. The number of fused-ring (bicyclic) bond motifs is 1. The lowest BCUT2D eigenvalue weighted by atomic mass is 10.1. The molecule has 122 valence electrons.